The van der Waals surface area contributed by atoms with Gasteiger partial charge >= 0.3 is 0 Å². The predicted octanol–water partition coefficient (Wildman–Crippen LogP) is 2.00. The van der Waals surface area contributed by atoms with Crippen LogP contribution in [-0.4, -0.2) is 31.6 Å². The van der Waals surface area contributed by atoms with Crippen LogP contribution in [0.3, 0.4) is 0 Å². The van der Waals surface area contributed by atoms with Crippen molar-refractivity contribution >= 4 is 11.8 Å². The number of methoxy groups -OCH3 is 1. The van der Waals surface area contributed by atoms with Crippen LogP contribution < -0.4 is 25.1 Å². The van der Waals surface area contributed by atoms with Crippen molar-refractivity contribution in [2.75, 3.05) is 13.7 Å². The van der Waals surface area contributed by atoms with Crippen LogP contribution in [0.4, 0.5) is 0 Å². The van der Waals surface area contributed by atoms with Crippen molar-refractivity contribution in [3.8, 4) is 17.2 Å². The van der Waals surface area contributed by atoms with Gasteiger partial charge in [-0.2, -0.15) is 0 Å². The van der Waals surface area contributed by atoms with Gasteiger partial charge in [0.25, 0.3) is 11.8 Å². The number of amides is 2. The molecule has 2 aromatic carbocycles. The number of nitrogens with one attached hydrogen (secondary N) is 2. The summed E-state index contributed by atoms with van der Waals surface area (Å²) in [6, 6.07) is 14.3. The minimum atomic E-state index is -0.830. The second-order valence-electron chi connectivity index (χ2n) is 5.50. The van der Waals surface area contributed by atoms with Crippen LogP contribution in [0.5, 0.6) is 17.2 Å². The summed E-state index contributed by atoms with van der Waals surface area (Å²) in [4.78, 5) is 23.8. The Kier molecular flexibility index (Phi) is 6.84. The zero-order valence-electron chi connectivity index (χ0n) is 14.9. The van der Waals surface area contributed by atoms with E-state index in [9.17, 15) is 9.59 Å². The summed E-state index contributed by atoms with van der Waals surface area (Å²) >= 11 is 0. The quantitative estimate of drug-likeness (QED) is 0.740. The zero-order chi connectivity index (χ0) is 18.9. The van der Waals surface area contributed by atoms with Crippen LogP contribution >= 0.6 is 0 Å². The molecular formula is C19H22N2O5. The highest BCUT2D eigenvalue weighted by atomic mass is 16.5. The molecule has 2 aromatic rings. The largest absolute Gasteiger partial charge is 0.493 e. The second kappa shape index (κ2) is 9.31. The minimum absolute atomic E-state index is 0.215. The summed E-state index contributed by atoms with van der Waals surface area (Å²) < 4.78 is 16.1. The first-order valence-electron chi connectivity index (χ1n) is 8.08. The normalized spacial score (nSPS) is 11.2. The van der Waals surface area contributed by atoms with Gasteiger partial charge in [-0.05, 0) is 37.6 Å². The standard InChI is InChI=1S/C19H22N2O5/c1-13-8-4-5-9-15(13)25-12-18(22)20-21-19(23)14(2)26-17-11-7-6-10-16(17)24-3/h4-11,14H,12H2,1-3H3,(H,20,22)(H,21,23). The maximum absolute atomic E-state index is 12.0. The van der Waals surface area contributed by atoms with Gasteiger partial charge in [0.1, 0.15) is 5.75 Å². The molecule has 2 N–H and O–H groups in total. The molecule has 7 heteroatoms. The highest BCUT2D eigenvalue weighted by Gasteiger charge is 2.17. The minimum Gasteiger partial charge on any atom is -0.493 e. The van der Waals surface area contributed by atoms with Crippen LogP contribution in [0.25, 0.3) is 0 Å². The molecule has 0 spiro atoms. The molecule has 0 aromatic heterocycles. The number of aryl methyl sites for hydroxylation is 1. The molecule has 0 saturated heterocycles. The van der Waals surface area contributed by atoms with Crippen LogP contribution in [0.1, 0.15) is 12.5 Å². The molecule has 0 fully saturated rings. The van der Waals surface area contributed by atoms with Crippen LogP contribution in [0.2, 0.25) is 0 Å². The molecule has 0 heterocycles. The van der Waals surface area contributed by atoms with E-state index in [1.807, 2.05) is 25.1 Å². The van der Waals surface area contributed by atoms with E-state index in [2.05, 4.69) is 10.9 Å². The third-order valence-electron chi connectivity index (χ3n) is 3.52. The fraction of sp³-hybridized carbons (Fsp3) is 0.263. The number of benzene rings is 2. The van der Waals surface area contributed by atoms with E-state index in [1.54, 1.807) is 37.3 Å². The van der Waals surface area contributed by atoms with Crippen molar-refractivity contribution in [1.29, 1.82) is 0 Å². The molecule has 0 bridgehead atoms. The molecule has 1 atom stereocenters. The van der Waals surface area contributed by atoms with E-state index in [0.29, 0.717) is 17.2 Å². The molecule has 138 valence electrons. The topological polar surface area (TPSA) is 85.9 Å². The van der Waals surface area contributed by atoms with E-state index in [4.69, 9.17) is 14.2 Å². The Morgan fingerprint density at radius 2 is 1.58 bits per heavy atom. The third-order valence-corrected chi connectivity index (χ3v) is 3.52. The first-order valence-corrected chi connectivity index (χ1v) is 8.08. The van der Waals surface area contributed by atoms with E-state index in [-0.39, 0.29) is 6.61 Å². The van der Waals surface area contributed by atoms with Gasteiger partial charge in [-0.25, -0.2) is 0 Å². The average molecular weight is 358 g/mol. The maximum atomic E-state index is 12.0. The lowest BCUT2D eigenvalue weighted by molar-refractivity contribution is -0.133. The van der Waals surface area contributed by atoms with E-state index in [1.165, 1.54) is 7.11 Å². The molecule has 0 saturated carbocycles. The van der Waals surface area contributed by atoms with Gasteiger partial charge in [0.15, 0.2) is 24.2 Å². The summed E-state index contributed by atoms with van der Waals surface area (Å²) in [6.07, 6.45) is -0.830. The average Bonchev–Trinajstić information content (AvgIpc) is 2.65. The van der Waals surface area contributed by atoms with Crippen LogP contribution in [0.15, 0.2) is 48.5 Å². The van der Waals surface area contributed by atoms with Crippen molar-refractivity contribution in [2.24, 2.45) is 0 Å². The maximum Gasteiger partial charge on any atom is 0.279 e. The number of hydrogen-bond acceptors (Lipinski definition) is 5. The van der Waals surface area contributed by atoms with Gasteiger partial charge in [0.05, 0.1) is 7.11 Å². The number of para-hydroxylation sites is 3. The van der Waals surface area contributed by atoms with Gasteiger partial charge in [0, 0.05) is 0 Å². The molecule has 0 aliphatic rings. The van der Waals surface area contributed by atoms with E-state index in [0.717, 1.165) is 5.56 Å². The highest BCUT2D eigenvalue weighted by molar-refractivity contribution is 5.85. The Hall–Kier alpha value is -3.22. The molecule has 1 unspecified atom stereocenters. The summed E-state index contributed by atoms with van der Waals surface area (Å²) in [7, 11) is 1.52. The van der Waals surface area contributed by atoms with Crippen molar-refractivity contribution in [3.05, 3.63) is 54.1 Å². The summed E-state index contributed by atoms with van der Waals surface area (Å²) in [5.74, 6) is 0.586. The molecule has 0 aliphatic heterocycles. The fourth-order valence-electron chi connectivity index (χ4n) is 2.09. The Morgan fingerprint density at radius 3 is 2.23 bits per heavy atom. The Morgan fingerprint density at radius 1 is 0.962 bits per heavy atom. The van der Waals surface area contributed by atoms with Gasteiger partial charge in [0.2, 0.25) is 0 Å². The molecule has 26 heavy (non-hydrogen) atoms. The Balaban J connectivity index is 1.78. The molecule has 2 amide bonds. The summed E-state index contributed by atoms with van der Waals surface area (Å²) in [5, 5.41) is 0. The number of hydrazine groups is 1. The van der Waals surface area contributed by atoms with Crippen LogP contribution in [-0.2, 0) is 9.59 Å². The van der Waals surface area contributed by atoms with Crippen molar-refractivity contribution in [3.63, 3.8) is 0 Å². The van der Waals surface area contributed by atoms with Gasteiger partial charge in [-0.15, -0.1) is 0 Å². The highest BCUT2D eigenvalue weighted by Crippen LogP contribution is 2.26. The molecule has 7 nitrogen and oxygen atoms in total. The molecule has 0 aliphatic carbocycles. The molecule has 0 radical (unpaired) electrons. The first-order chi connectivity index (χ1) is 12.5. The number of carbonyl (C=O) groups is 2. The van der Waals surface area contributed by atoms with Gasteiger partial charge < -0.3 is 14.2 Å². The smallest absolute Gasteiger partial charge is 0.279 e. The van der Waals surface area contributed by atoms with Crippen LogP contribution in [0, 0.1) is 6.92 Å². The number of hydrogen-bond donors (Lipinski definition) is 2. The monoisotopic (exact) mass is 358 g/mol. The van der Waals surface area contributed by atoms with E-state index < -0.39 is 17.9 Å². The number of carbonyl (C=O) groups excluding carboxylic acids is 2. The Bertz CT molecular complexity index is 763. The van der Waals surface area contributed by atoms with E-state index >= 15 is 0 Å². The lowest BCUT2D eigenvalue weighted by atomic mass is 10.2. The summed E-state index contributed by atoms with van der Waals surface area (Å²) in [5.41, 5.74) is 5.52. The molecular weight excluding hydrogens is 336 g/mol. The third kappa shape index (κ3) is 5.41. The lowest BCUT2D eigenvalue weighted by Crippen LogP contribution is -2.48. The predicted molar refractivity (Wildman–Crippen MR) is 96.0 cm³/mol. The Labute approximate surface area is 152 Å². The zero-order valence-corrected chi connectivity index (χ0v) is 14.9. The SMILES string of the molecule is COc1ccccc1OC(C)C(=O)NNC(=O)COc1ccccc1C. The molecule has 2 rings (SSSR count). The summed E-state index contributed by atoms with van der Waals surface area (Å²) in [6.45, 7) is 3.23. The fourth-order valence-corrected chi connectivity index (χ4v) is 2.09. The second-order valence-corrected chi connectivity index (χ2v) is 5.50. The van der Waals surface area contributed by atoms with Gasteiger partial charge in [-0.3, -0.25) is 20.4 Å². The first kappa shape index (κ1) is 19.1. The van der Waals surface area contributed by atoms with Crippen molar-refractivity contribution in [2.45, 2.75) is 20.0 Å². The van der Waals surface area contributed by atoms with Crippen molar-refractivity contribution < 1.29 is 23.8 Å². The van der Waals surface area contributed by atoms with Crippen molar-refractivity contribution in [1.82, 2.24) is 10.9 Å². The van der Waals surface area contributed by atoms with Gasteiger partial charge in [-0.1, -0.05) is 30.3 Å². The number of rotatable bonds is 7. The lowest BCUT2D eigenvalue weighted by Gasteiger charge is -2.17. The number of ether oxygens (including phenoxy) is 3.